The van der Waals surface area contributed by atoms with Crippen molar-refractivity contribution in [1.82, 2.24) is 19.5 Å². The molecule has 1 fully saturated rings. The molecule has 3 heterocycles. The Morgan fingerprint density at radius 2 is 2.16 bits per heavy atom. The highest BCUT2D eigenvalue weighted by atomic mass is 32.2. The molecule has 0 saturated heterocycles. The molecule has 0 atom stereocenters. The predicted octanol–water partition coefficient (Wildman–Crippen LogP) is 0.808. The Bertz CT molecular complexity index is 748. The van der Waals surface area contributed by atoms with Gasteiger partial charge >= 0.3 is 0 Å². The number of sulfonamides is 1. The normalized spacial score (nSPS) is 20.6. The van der Waals surface area contributed by atoms with Crippen LogP contribution in [0.5, 0.6) is 0 Å². The number of hydrogen-bond donors (Lipinski definition) is 1. The Morgan fingerprint density at radius 1 is 1.32 bits per heavy atom. The molecule has 0 amide bonds. The van der Waals surface area contributed by atoms with Crippen LogP contribution in [0, 0.1) is 0 Å². The van der Waals surface area contributed by atoms with Crippen LogP contribution in [-0.2, 0) is 23.0 Å². The highest BCUT2D eigenvalue weighted by Gasteiger charge is 2.41. The first-order valence-corrected chi connectivity index (χ1v) is 7.95. The minimum Gasteiger partial charge on any atom is -0.261 e. The molecule has 1 aliphatic heterocycles. The maximum absolute atomic E-state index is 12.3. The molecule has 1 saturated carbocycles. The number of rotatable bonds is 2. The van der Waals surface area contributed by atoms with Gasteiger partial charge in [0.25, 0.3) is 0 Å². The fourth-order valence-corrected chi connectivity index (χ4v) is 4.54. The zero-order valence-corrected chi connectivity index (χ0v) is 11.2. The molecule has 2 aromatic rings. The van der Waals surface area contributed by atoms with Crippen molar-refractivity contribution < 1.29 is 8.42 Å². The summed E-state index contributed by atoms with van der Waals surface area (Å²) in [6.07, 6.45) is 5.89. The van der Waals surface area contributed by atoms with Crippen LogP contribution in [0.15, 0.2) is 12.4 Å². The van der Waals surface area contributed by atoms with E-state index in [1.807, 2.05) is 0 Å². The number of nitrogens with one attached hydrogen (secondary N) is 1. The number of aromatic amines is 1. The van der Waals surface area contributed by atoms with Gasteiger partial charge in [0.2, 0.25) is 10.0 Å². The van der Waals surface area contributed by atoms with Gasteiger partial charge in [-0.05, 0) is 30.4 Å². The summed E-state index contributed by atoms with van der Waals surface area (Å²) in [5, 5.41) is 7.72. The number of pyridine rings is 1. The van der Waals surface area contributed by atoms with E-state index in [0.717, 1.165) is 35.9 Å². The molecular formula is C12H14N4O2S. The van der Waals surface area contributed by atoms with Crippen LogP contribution >= 0.6 is 0 Å². The van der Waals surface area contributed by atoms with Crippen molar-refractivity contribution in [3.63, 3.8) is 0 Å². The van der Waals surface area contributed by atoms with E-state index in [4.69, 9.17) is 0 Å². The Balaban J connectivity index is 1.74. The van der Waals surface area contributed by atoms with E-state index >= 15 is 0 Å². The standard InChI is InChI=1S/C12H14N4O2S/c17-19(18,9-1-2-9)16-4-3-10-8(7-16)5-13-12-11(10)6-14-15-12/h5-6,9H,1-4,7H2,(H,13,14,15). The quantitative estimate of drug-likeness (QED) is 0.881. The molecule has 100 valence electrons. The second-order valence-corrected chi connectivity index (χ2v) is 7.44. The molecule has 4 rings (SSSR count). The fourth-order valence-electron chi connectivity index (χ4n) is 2.72. The second-order valence-electron chi connectivity index (χ2n) is 5.22. The number of H-pyrrole nitrogens is 1. The molecule has 7 heteroatoms. The Labute approximate surface area is 110 Å². The van der Waals surface area contributed by atoms with Crippen LogP contribution < -0.4 is 0 Å². The van der Waals surface area contributed by atoms with Gasteiger partial charge in [-0.1, -0.05) is 0 Å². The van der Waals surface area contributed by atoms with Crippen molar-refractivity contribution in [2.45, 2.75) is 31.1 Å². The van der Waals surface area contributed by atoms with E-state index in [2.05, 4.69) is 15.2 Å². The zero-order chi connectivity index (χ0) is 13.0. The molecular weight excluding hydrogens is 264 g/mol. The third-order valence-corrected chi connectivity index (χ3v) is 6.29. The maximum atomic E-state index is 12.3. The van der Waals surface area contributed by atoms with Crippen molar-refractivity contribution >= 4 is 21.1 Å². The van der Waals surface area contributed by atoms with Crippen LogP contribution in [-0.4, -0.2) is 39.7 Å². The first kappa shape index (κ1) is 11.4. The number of hydrogen-bond acceptors (Lipinski definition) is 4. The summed E-state index contributed by atoms with van der Waals surface area (Å²) >= 11 is 0. The summed E-state index contributed by atoms with van der Waals surface area (Å²) in [5.74, 6) is 0. The van der Waals surface area contributed by atoms with Gasteiger partial charge in [0, 0.05) is 24.7 Å². The molecule has 0 unspecified atom stereocenters. The minimum absolute atomic E-state index is 0.139. The number of aromatic nitrogens is 3. The minimum atomic E-state index is -3.09. The van der Waals surface area contributed by atoms with Crippen LogP contribution in [0.25, 0.3) is 11.0 Å². The van der Waals surface area contributed by atoms with Crippen LogP contribution in [0.1, 0.15) is 24.0 Å². The van der Waals surface area contributed by atoms with Gasteiger partial charge in [0.15, 0.2) is 5.65 Å². The number of fused-ring (bicyclic) bond motifs is 3. The van der Waals surface area contributed by atoms with E-state index in [-0.39, 0.29) is 5.25 Å². The second kappa shape index (κ2) is 3.77. The first-order valence-electron chi connectivity index (χ1n) is 6.45. The van der Waals surface area contributed by atoms with Gasteiger partial charge in [-0.2, -0.15) is 9.40 Å². The molecule has 0 aromatic carbocycles. The third-order valence-electron chi connectivity index (χ3n) is 3.94. The van der Waals surface area contributed by atoms with Crippen molar-refractivity contribution in [1.29, 1.82) is 0 Å². The van der Waals surface area contributed by atoms with Crippen molar-refractivity contribution in [3.05, 3.63) is 23.5 Å². The highest BCUT2D eigenvalue weighted by Crippen LogP contribution is 2.34. The lowest BCUT2D eigenvalue weighted by Gasteiger charge is -2.28. The molecule has 19 heavy (non-hydrogen) atoms. The van der Waals surface area contributed by atoms with E-state index in [1.54, 1.807) is 16.7 Å². The lowest BCUT2D eigenvalue weighted by molar-refractivity contribution is 0.391. The molecule has 1 aliphatic carbocycles. The summed E-state index contributed by atoms with van der Waals surface area (Å²) in [6, 6.07) is 0. The Kier molecular flexibility index (Phi) is 2.25. The maximum Gasteiger partial charge on any atom is 0.217 e. The van der Waals surface area contributed by atoms with Gasteiger partial charge in [-0.25, -0.2) is 13.4 Å². The van der Waals surface area contributed by atoms with Crippen LogP contribution in [0.3, 0.4) is 0 Å². The average Bonchev–Trinajstić information content (AvgIpc) is 3.16. The Hall–Kier alpha value is -1.47. The fraction of sp³-hybridized carbons (Fsp3) is 0.500. The first-order chi connectivity index (χ1) is 9.16. The van der Waals surface area contributed by atoms with E-state index in [0.29, 0.717) is 13.1 Å². The van der Waals surface area contributed by atoms with Gasteiger partial charge in [-0.15, -0.1) is 0 Å². The van der Waals surface area contributed by atoms with E-state index in [1.165, 1.54) is 5.56 Å². The summed E-state index contributed by atoms with van der Waals surface area (Å²) in [5.41, 5.74) is 2.96. The molecule has 0 radical (unpaired) electrons. The zero-order valence-electron chi connectivity index (χ0n) is 10.3. The topological polar surface area (TPSA) is 79.0 Å². The molecule has 1 N–H and O–H groups in total. The van der Waals surface area contributed by atoms with E-state index < -0.39 is 10.0 Å². The SMILES string of the molecule is O=S(=O)(C1CC1)N1CCc2c(cnc3[nH]ncc23)C1. The van der Waals surface area contributed by atoms with Crippen molar-refractivity contribution in [2.75, 3.05) is 6.54 Å². The van der Waals surface area contributed by atoms with Crippen LogP contribution in [0.2, 0.25) is 0 Å². The summed E-state index contributed by atoms with van der Waals surface area (Å²) in [4.78, 5) is 4.29. The van der Waals surface area contributed by atoms with Gasteiger partial charge < -0.3 is 0 Å². The monoisotopic (exact) mass is 278 g/mol. The Morgan fingerprint density at radius 3 is 2.95 bits per heavy atom. The third kappa shape index (κ3) is 1.68. The van der Waals surface area contributed by atoms with Crippen molar-refractivity contribution in [2.24, 2.45) is 0 Å². The molecule has 0 spiro atoms. The van der Waals surface area contributed by atoms with Crippen LogP contribution in [0.4, 0.5) is 0 Å². The number of nitrogens with zero attached hydrogens (tertiary/aromatic N) is 3. The molecule has 2 aromatic heterocycles. The molecule has 2 aliphatic rings. The predicted molar refractivity (Wildman–Crippen MR) is 69.9 cm³/mol. The summed E-state index contributed by atoms with van der Waals surface area (Å²) in [6.45, 7) is 1.01. The van der Waals surface area contributed by atoms with Crippen molar-refractivity contribution in [3.8, 4) is 0 Å². The largest absolute Gasteiger partial charge is 0.261 e. The highest BCUT2D eigenvalue weighted by molar-refractivity contribution is 7.90. The van der Waals surface area contributed by atoms with E-state index in [9.17, 15) is 8.42 Å². The summed E-state index contributed by atoms with van der Waals surface area (Å²) in [7, 11) is -3.09. The summed E-state index contributed by atoms with van der Waals surface area (Å²) < 4.78 is 26.1. The lowest BCUT2D eigenvalue weighted by atomic mass is 10.0. The average molecular weight is 278 g/mol. The van der Waals surface area contributed by atoms with Gasteiger partial charge in [-0.3, -0.25) is 5.10 Å². The van der Waals surface area contributed by atoms with Gasteiger partial charge in [0.05, 0.1) is 11.4 Å². The molecule has 0 bridgehead atoms. The molecule has 6 nitrogen and oxygen atoms in total. The lowest BCUT2D eigenvalue weighted by Crippen LogP contribution is -2.38. The van der Waals surface area contributed by atoms with Gasteiger partial charge in [0.1, 0.15) is 0 Å². The smallest absolute Gasteiger partial charge is 0.217 e.